The Morgan fingerprint density at radius 1 is 1.27 bits per heavy atom. The van der Waals surface area contributed by atoms with Crippen molar-refractivity contribution in [2.45, 2.75) is 30.4 Å². The molecule has 82 valence electrons. The zero-order valence-corrected chi connectivity index (χ0v) is 9.80. The number of hydrogen-bond donors (Lipinski definition) is 1. The lowest BCUT2D eigenvalue weighted by Crippen LogP contribution is -2.23. The van der Waals surface area contributed by atoms with Crippen LogP contribution in [0.3, 0.4) is 0 Å². The Morgan fingerprint density at radius 2 is 1.80 bits per heavy atom. The van der Waals surface area contributed by atoms with E-state index in [0.717, 1.165) is 0 Å². The third kappa shape index (κ3) is 2.65. The lowest BCUT2D eigenvalue weighted by atomic mass is 10.2. The van der Waals surface area contributed by atoms with Crippen LogP contribution in [0.1, 0.15) is 31.1 Å². The topological polar surface area (TPSA) is 54.4 Å². The van der Waals surface area contributed by atoms with E-state index in [-0.39, 0.29) is 5.56 Å². The van der Waals surface area contributed by atoms with E-state index in [1.54, 1.807) is 18.2 Å². The summed E-state index contributed by atoms with van der Waals surface area (Å²) in [5.74, 6) is -1.04. The molecule has 0 saturated heterocycles. The summed E-state index contributed by atoms with van der Waals surface area (Å²) in [6, 6.07) is 6.41. The van der Waals surface area contributed by atoms with Crippen LogP contribution in [0.2, 0.25) is 0 Å². The average molecular weight is 226 g/mol. The molecule has 15 heavy (non-hydrogen) atoms. The molecule has 3 nitrogen and oxygen atoms in total. The van der Waals surface area contributed by atoms with Gasteiger partial charge in [-0.25, -0.2) is 4.79 Å². The summed E-state index contributed by atoms with van der Waals surface area (Å²) in [5, 5.41) is 8.95. The van der Waals surface area contributed by atoms with Crippen molar-refractivity contribution in [1.29, 1.82) is 0 Å². The van der Waals surface area contributed by atoms with Gasteiger partial charge in [0.1, 0.15) is 0 Å². The molecule has 0 spiro atoms. The molecular formula is C11H14O3S. The van der Waals surface area contributed by atoms with Crippen LogP contribution in [0.5, 0.6) is 0 Å². The minimum absolute atomic E-state index is 0.116. The van der Waals surface area contributed by atoms with E-state index in [1.807, 2.05) is 20.8 Å². The third-order valence-corrected chi connectivity index (χ3v) is 3.74. The molecule has 1 unspecified atom stereocenters. The molecule has 0 aliphatic heterocycles. The van der Waals surface area contributed by atoms with Gasteiger partial charge in [0.25, 0.3) is 0 Å². The van der Waals surface area contributed by atoms with E-state index >= 15 is 0 Å². The number of carboxylic acid groups (broad SMARTS) is 1. The average Bonchev–Trinajstić information content (AvgIpc) is 2.15. The van der Waals surface area contributed by atoms with E-state index in [2.05, 4.69) is 0 Å². The molecule has 0 aromatic heterocycles. The summed E-state index contributed by atoms with van der Waals surface area (Å²) in [4.78, 5) is 11.3. The highest BCUT2D eigenvalue weighted by molar-refractivity contribution is 7.86. The van der Waals surface area contributed by atoms with Crippen molar-refractivity contribution < 1.29 is 14.1 Å². The zero-order chi connectivity index (χ0) is 11.6. The van der Waals surface area contributed by atoms with Gasteiger partial charge in [0.05, 0.1) is 21.3 Å². The van der Waals surface area contributed by atoms with Crippen molar-refractivity contribution in [1.82, 2.24) is 0 Å². The first-order chi connectivity index (χ1) is 6.84. The normalized spacial score (nSPS) is 13.5. The second-order valence-corrected chi connectivity index (χ2v) is 6.38. The minimum atomic E-state index is -1.31. The summed E-state index contributed by atoms with van der Waals surface area (Å²) in [6.45, 7) is 5.46. The molecule has 0 saturated carbocycles. The van der Waals surface area contributed by atoms with Gasteiger partial charge in [0.2, 0.25) is 0 Å². The van der Waals surface area contributed by atoms with Gasteiger partial charge in [-0.15, -0.1) is 0 Å². The fourth-order valence-electron chi connectivity index (χ4n) is 1.13. The van der Waals surface area contributed by atoms with E-state index in [4.69, 9.17) is 5.11 Å². The number of rotatable bonds is 2. The quantitative estimate of drug-likeness (QED) is 0.841. The summed E-state index contributed by atoms with van der Waals surface area (Å²) in [6.07, 6.45) is 0. The lowest BCUT2D eigenvalue weighted by molar-refractivity contribution is 0.0693. The molecule has 1 aromatic carbocycles. The standard InChI is InChI=1S/C11H14O3S/c1-11(2,3)15(14)9-7-5-4-6-8(9)10(12)13/h4-7H,1-3H3,(H,12,13). The van der Waals surface area contributed by atoms with Crippen LogP contribution in [0.15, 0.2) is 29.2 Å². The van der Waals surface area contributed by atoms with Crippen molar-refractivity contribution in [2.75, 3.05) is 0 Å². The second-order valence-electron chi connectivity index (χ2n) is 4.18. The molecular weight excluding hydrogens is 212 g/mol. The highest BCUT2D eigenvalue weighted by Gasteiger charge is 2.24. The van der Waals surface area contributed by atoms with Crippen molar-refractivity contribution >= 4 is 16.8 Å². The maximum Gasteiger partial charge on any atom is 0.336 e. The van der Waals surface area contributed by atoms with Gasteiger partial charge in [-0.2, -0.15) is 0 Å². The number of benzene rings is 1. The molecule has 4 heteroatoms. The first kappa shape index (κ1) is 11.9. The molecule has 1 rings (SSSR count). The van der Waals surface area contributed by atoms with Gasteiger partial charge < -0.3 is 5.11 Å². The first-order valence-corrected chi connectivity index (χ1v) is 5.73. The Labute approximate surface area is 91.6 Å². The number of aromatic carboxylic acids is 1. The highest BCUT2D eigenvalue weighted by atomic mass is 32.2. The van der Waals surface area contributed by atoms with E-state index < -0.39 is 21.5 Å². The largest absolute Gasteiger partial charge is 0.478 e. The first-order valence-electron chi connectivity index (χ1n) is 4.58. The minimum Gasteiger partial charge on any atom is -0.478 e. The highest BCUT2D eigenvalue weighted by Crippen LogP contribution is 2.23. The fourth-order valence-corrected chi connectivity index (χ4v) is 2.35. The molecule has 0 fully saturated rings. The second kappa shape index (κ2) is 4.14. The monoisotopic (exact) mass is 226 g/mol. The molecule has 1 N–H and O–H groups in total. The Kier molecular flexibility index (Phi) is 3.29. The Bertz CT molecular complexity index is 405. The van der Waals surface area contributed by atoms with Crippen LogP contribution in [0.4, 0.5) is 0 Å². The van der Waals surface area contributed by atoms with Crippen LogP contribution in [-0.4, -0.2) is 20.0 Å². The number of carboxylic acids is 1. The van der Waals surface area contributed by atoms with Crippen LogP contribution >= 0.6 is 0 Å². The Balaban J connectivity index is 3.26. The molecule has 0 amide bonds. The predicted molar refractivity (Wildman–Crippen MR) is 59.6 cm³/mol. The molecule has 0 heterocycles. The molecule has 0 aliphatic rings. The van der Waals surface area contributed by atoms with Crippen LogP contribution in [0.25, 0.3) is 0 Å². The predicted octanol–water partition coefficient (Wildman–Crippen LogP) is 2.29. The van der Waals surface area contributed by atoms with Crippen molar-refractivity contribution in [3.63, 3.8) is 0 Å². The van der Waals surface area contributed by atoms with Gasteiger partial charge in [-0.1, -0.05) is 12.1 Å². The molecule has 0 aliphatic carbocycles. The molecule has 0 bridgehead atoms. The Hall–Kier alpha value is -1.16. The summed E-state index contributed by atoms with van der Waals surface area (Å²) in [5.41, 5.74) is 0.116. The van der Waals surface area contributed by atoms with E-state index in [1.165, 1.54) is 6.07 Å². The van der Waals surface area contributed by atoms with E-state index in [9.17, 15) is 9.00 Å². The molecule has 1 aromatic rings. The van der Waals surface area contributed by atoms with Crippen molar-refractivity contribution in [2.24, 2.45) is 0 Å². The fraction of sp³-hybridized carbons (Fsp3) is 0.364. The zero-order valence-electron chi connectivity index (χ0n) is 8.98. The maximum absolute atomic E-state index is 12.0. The van der Waals surface area contributed by atoms with Crippen molar-refractivity contribution in [3.8, 4) is 0 Å². The maximum atomic E-state index is 12.0. The van der Waals surface area contributed by atoms with Gasteiger partial charge in [-0.3, -0.25) is 4.21 Å². The summed E-state index contributed by atoms with van der Waals surface area (Å²) in [7, 11) is -1.31. The van der Waals surface area contributed by atoms with Crippen LogP contribution < -0.4 is 0 Å². The number of carbonyl (C=O) groups is 1. The Morgan fingerprint density at radius 3 is 2.27 bits per heavy atom. The molecule has 0 radical (unpaired) electrons. The van der Waals surface area contributed by atoms with Gasteiger partial charge in [-0.05, 0) is 32.9 Å². The van der Waals surface area contributed by atoms with Gasteiger partial charge >= 0.3 is 5.97 Å². The summed E-state index contributed by atoms with van der Waals surface area (Å²) >= 11 is 0. The molecule has 1 atom stereocenters. The van der Waals surface area contributed by atoms with Crippen LogP contribution in [-0.2, 0) is 10.8 Å². The van der Waals surface area contributed by atoms with Gasteiger partial charge in [0, 0.05) is 4.75 Å². The van der Waals surface area contributed by atoms with Crippen LogP contribution in [0, 0.1) is 0 Å². The third-order valence-electron chi connectivity index (χ3n) is 1.87. The lowest BCUT2D eigenvalue weighted by Gasteiger charge is -2.18. The number of hydrogen-bond acceptors (Lipinski definition) is 2. The summed E-state index contributed by atoms with van der Waals surface area (Å²) < 4.78 is 11.6. The SMILES string of the molecule is CC(C)(C)S(=O)c1ccccc1C(=O)O. The van der Waals surface area contributed by atoms with E-state index in [0.29, 0.717) is 4.90 Å². The smallest absolute Gasteiger partial charge is 0.336 e. The van der Waals surface area contributed by atoms with Crippen molar-refractivity contribution in [3.05, 3.63) is 29.8 Å². The van der Waals surface area contributed by atoms with Gasteiger partial charge in [0.15, 0.2) is 0 Å².